The molecule has 108 valence electrons. The molecule has 22 heavy (non-hydrogen) atoms. The van der Waals surface area contributed by atoms with Gasteiger partial charge in [0.1, 0.15) is 12.6 Å². The average Bonchev–Trinajstić information content (AvgIpc) is 3.06. The fourth-order valence-electron chi connectivity index (χ4n) is 2.77. The second kappa shape index (κ2) is 5.58. The molecule has 3 aromatic carbocycles. The Balaban J connectivity index is 1.75. The van der Waals surface area contributed by atoms with Gasteiger partial charge in [-0.25, -0.2) is 4.99 Å². The monoisotopic (exact) mass is 351 g/mol. The number of fused-ring (bicyclic) bond motifs is 1. The molecule has 0 spiro atoms. The predicted octanol–water partition coefficient (Wildman–Crippen LogP) is 5.12. The quantitative estimate of drug-likeness (QED) is 0.627. The number of benzene rings is 3. The second-order valence-corrected chi connectivity index (χ2v) is 6.11. The SMILES string of the molecule is Brc1c(C2=N[C@@H](c3ccccc3)CO2)ccc2ccccc12. The standard InChI is InChI=1S/C19H14BrNO/c20-18-15-9-5-4-6-13(15)10-11-16(18)19-21-17(12-22-19)14-7-2-1-3-8-14/h1-11,17H,12H2/t17-/m1/s1. The van der Waals surface area contributed by atoms with Crippen molar-refractivity contribution in [1.29, 1.82) is 0 Å². The number of ether oxygens (including phenoxy) is 1. The van der Waals surface area contributed by atoms with E-state index < -0.39 is 0 Å². The topological polar surface area (TPSA) is 21.6 Å². The number of hydrogen-bond donors (Lipinski definition) is 0. The number of nitrogens with zero attached hydrogens (tertiary/aromatic N) is 1. The van der Waals surface area contributed by atoms with E-state index in [2.05, 4.69) is 52.3 Å². The van der Waals surface area contributed by atoms with Gasteiger partial charge in [0, 0.05) is 4.47 Å². The van der Waals surface area contributed by atoms with Crippen molar-refractivity contribution < 1.29 is 4.74 Å². The van der Waals surface area contributed by atoms with E-state index in [4.69, 9.17) is 9.73 Å². The summed E-state index contributed by atoms with van der Waals surface area (Å²) in [5, 5.41) is 2.38. The number of halogens is 1. The minimum absolute atomic E-state index is 0.0783. The normalized spacial score (nSPS) is 17.3. The van der Waals surface area contributed by atoms with Gasteiger partial charge in [0.05, 0.1) is 5.56 Å². The first-order valence-electron chi connectivity index (χ1n) is 7.26. The van der Waals surface area contributed by atoms with Crippen molar-refractivity contribution in [3.8, 4) is 0 Å². The van der Waals surface area contributed by atoms with Gasteiger partial charge in [0.2, 0.25) is 5.90 Å². The van der Waals surface area contributed by atoms with Gasteiger partial charge < -0.3 is 4.74 Å². The van der Waals surface area contributed by atoms with Crippen LogP contribution < -0.4 is 0 Å². The second-order valence-electron chi connectivity index (χ2n) is 5.32. The largest absolute Gasteiger partial charge is 0.475 e. The molecule has 0 aliphatic carbocycles. The van der Waals surface area contributed by atoms with Crippen LogP contribution in [0.3, 0.4) is 0 Å². The first kappa shape index (κ1) is 13.5. The molecule has 0 unspecified atom stereocenters. The lowest BCUT2D eigenvalue weighted by Crippen LogP contribution is -2.02. The zero-order chi connectivity index (χ0) is 14.9. The van der Waals surface area contributed by atoms with Crippen LogP contribution in [-0.4, -0.2) is 12.5 Å². The third-order valence-corrected chi connectivity index (χ3v) is 4.78. The average molecular weight is 352 g/mol. The van der Waals surface area contributed by atoms with E-state index in [1.807, 2.05) is 30.3 Å². The summed E-state index contributed by atoms with van der Waals surface area (Å²) in [6.07, 6.45) is 0. The van der Waals surface area contributed by atoms with Crippen LogP contribution in [0.1, 0.15) is 17.2 Å². The molecule has 0 saturated heterocycles. The van der Waals surface area contributed by atoms with Crippen LogP contribution in [-0.2, 0) is 4.74 Å². The Morgan fingerprint density at radius 3 is 2.55 bits per heavy atom. The maximum atomic E-state index is 5.86. The van der Waals surface area contributed by atoms with Gasteiger partial charge in [-0.15, -0.1) is 0 Å². The van der Waals surface area contributed by atoms with E-state index in [1.165, 1.54) is 16.3 Å². The molecule has 0 amide bonds. The molecule has 1 heterocycles. The van der Waals surface area contributed by atoms with Gasteiger partial charge in [0.15, 0.2) is 0 Å². The summed E-state index contributed by atoms with van der Waals surface area (Å²) in [4.78, 5) is 4.76. The van der Waals surface area contributed by atoms with Gasteiger partial charge in [-0.3, -0.25) is 0 Å². The Morgan fingerprint density at radius 2 is 1.68 bits per heavy atom. The van der Waals surface area contributed by atoms with E-state index in [0.717, 1.165) is 10.0 Å². The van der Waals surface area contributed by atoms with Gasteiger partial charge in [-0.05, 0) is 38.3 Å². The van der Waals surface area contributed by atoms with E-state index in [1.54, 1.807) is 0 Å². The van der Waals surface area contributed by atoms with Crippen LogP contribution in [0.5, 0.6) is 0 Å². The Morgan fingerprint density at radius 1 is 0.909 bits per heavy atom. The first-order chi connectivity index (χ1) is 10.8. The molecule has 0 N–H and O–H groups in total. The Labute approximate surface area is 137 Å². The first-order valence-corrected chi connectivity index (χ1v) is 8.05. The lowest BCUT2D eigenvalue weighted by atomic mass is 10.1. The molecule has 0 saturated carbocycles. The smallest absolute Gasteiger partial charge is 0.218 e. The summed E-state index contributed by atoms with van der Waals surface area (Å²) in [5.74, 6) is 0.714. The molecule has 0 fully saturated rings. The highest BCUT2D eigenvalue weighted by Gasteiger charge is 2.23. The van der Waals surface area contributed by atoms with Gasteiger partial charge in [-0.2, -0.15) is 0 Å². The van der Waals surface area contributed by atoms with Crippen molar-refractivity contribution in [2.75, 3.05) is 6.61 Å². The zero-order valence-electron chi connectivity index (χ0n) is 11.9. The highest BCUT2D eigenvalue weighted by molar-refractivity contribution is 9.10. The lowest BCUT2D eigenvalue weighted by Gasteiger charge is -2.07. The third-order valence-electron chi connectivity index (χ3n) is 3.93. The Hall–Kier alpha value is -2.13. The van der Waals surface area contributed by atoms with Crippen LogP contribution in [0.2, 0.25) is 0 Å². The number of aliphatic imine (C=N–C) groups is 1. The maximum Gasteiger partial charge on any atom is 0.218 e. The summed E-state index contributed by atoms with van der Waals surface area (Å²) in [7, 11) is 0. The van der Waals surface area contributed by atoms with Crippen molar-refractivity contribution in [3.05, 3.63) is 82.3 Å². The zero-order valence-corrected chi connectivity index (χ0v) is 13.5. The Bertz CT molecular complexity index is 858. The van der Waals surface area contributed by atoms with Crippen molar-refractivity contribution >= 4 is 32.6 Å². The van der Waals surface area contributed by atoms with Crippen LogP contribution in [0.15, 0.2) is 76.2 Å². The highest BCUT2D eigenvalue weighted by Crippen LogP contribution is 2.32. The molecule has 1 aliphatic heterocycles. The van der Waals surface area contributed by atoms with E-state index in [0.29, 0.717) is 12.5 Å². The molecule has 0 aromatic heterocycles. The molecule has 3 heteroatoms. The van der Waals surface area contributed by atoms with Gasteiger partial charge in [0.25, 0.3) is 0 Å². The highest BCUT2D eigenvalue weighted by atomic mass is 79.9. The lowest BCUT2D eigenvalue weighted by molar-refractivity contribution is 0.319. The van der Waals surface area contributed by atoms with Crippen LogP contribution in [0.25, 0.3) is 10.8 Å². The third kappa shape index (κ3) is 2.32. The molecule has 1 atom stereocenters. The van der Waals surface area contributed by atoms with Crippen molar-refractivity contribution in [1.82, 2.24) is 0 Å². The van der Waals surface area contributed by atoms with Gasteiger partial charge >= 0.3 is 0 Å². The molecule has 3 aromatic rings. The van der Waals surface area contributed by atoms with Crippen LogP contribution in [0, 0.1) is 0 Å². The minimum atomic E-state index is 0.0783. The summed E-state index contributed by atoms with van der Waals surface area (Å²) in [6.45, 7) is 0.596. The molecule has 2 nitrogen and oxygen atoms in total. The molecule has 0 bridgehead atoms. The molecule has 4 rings (SSSR count). The van der Waals surface area contributed by atoms with Gasteiger partial charge in [-0.1, -0.05) is 60.7 Å². The summed E-state index contributed by atoms with van der Waals surface area (Å²) >= 11 is 3.71. The molecular weight excluding hydrogens is 338 g/mol. The predicted molar refractivity (Wildman–Crippen MR) is 93.3 cm³/mol. The maximum absolute atomic E-state index is 5.86. The molecular formula is C19H14BrNO. The van der Waals surface area contributed by atoms with Crippen LogP contribution in [0.4, 0.5) is 0 Å². The summed E-state index contributed by atoms with van der Waals surface area (Å²) in [6, 6.07) is 22.8. The van der Waals surface area contributed by atoms with Crippen molar-refractivity contribution in [2.24, 2.45) is 4.99 Å². The number of hydrogen-bond acceptors (Lipinski definition) is 2. The minimum Gasteiger partial charge on any atom is -0.475 e. The van der Waals surface area contributed by atoms with Crippen molar-refractivity contribution in [2.45, 2.75) is 6.04 Å². The summed E-state index contributed by atoms with van der Waals surface area (Å²) < 4.78 is 6.90. The van der Waals surface area contributed by atoms with Crippen molar-refractivity contribution in [3.63, 3.8) is 0 Å². The molecule has 1 aliphatic rings. The van der Waals surface area contributed by atoms with Crippen LogP contribution >= 0.6 is 15.9 Å². The Kier molecular flexibility index (Phi) is 3.43. The van der Waals surface area contributed by atoms with E-state index >= 15 is 0 Å². The summed E-state index contributed by atoms with van der Waals surface area (Å²) in [5.41, 5.74) is 2.20. The van der Waals surface area contributed by atoms with E-state index in [-0.39, 0.29) is 6.04 Å². The number of rotatable bonds is 2. The fraction of sp³-hybridized carbons (Fsp3) is 0.105. The molecule has 0 radical (unpaired) electrons. The van der Waals surface area contributed by atoms with E-state index in [9.17, 15) is 0 Å². The fourth-order valence-corrected chi connectivity index (χ4v) is 3.43.